The van der Waals surface area contributed by atoms with Crippen LogP contribution in [0.15, 0.2) is 61.3 Å². The Bertz CT molecular complexity index is 866. The number of rotatable bonds is 5. The SMILES string of the molecule is O=C(c1ccnnc1)N1Cc2cccn2C(COCc2ccncc2)C1. The monoisotopic (exact) mass is 349 g/mol. The molecule has 4 rings (SSSR count). The number of ether oxygens (including phenoxy) is 1. The minimum absolute atomic E-state index is 0.0357. The van der Waals surface area contributed by atoms with Crippen LogP contribution < -0.4 is 0 Å². The summed E-state index contributed by atoms with van der Waals surface area (Å²) in [4.78, 5) is 18.6. The highest BCUT2D eigenvalue weighted by Gasteiger charge is 2.28. The van der Waals surface area contributed by atoms with Gasteiger partial charge in [0.2, 0.25) is 0 Å². The zero-order chi connectivity index (χ0) is 17.8. The number of hydrogen-bond acceptors (Lipinski definition) is 5. The lowest BCUT2D eigenvalue weighted by molar-refractivity contribution is 0.0481. The van der Waals surface area contributed by atoms with Crippen LogP contribution in [0.2, 0.25) is 0 Å². The van der Waals surface area contributed by atoms with Crippen LogP contribution in [0.3, 0.4) is 0 Å². The van der Waals surface area contributed by atoms with Gasteiger partial charge in [0.25, 0.3) is 5.91 Å². The molecule has 26 heavy (non-hydrogen) atoms. The molecule has 1 aliphatic rings. The normalized spacial score (nSPS) is 16.3. The molecule has 0 bridgehead atoms. The third-order valence-corrected chi connectivity index (χ3v) is 4.49. The molecular weight excluding hydrogens is 330 g/mol. The Labute approximate surface area is 151 Å². The van der Waals surface area contributed by atoms with Crippen molar-refractivity contribution in [3.8, 4) is 0 Å². The molecule has 7 nitrogen and oxygen atoms in total. The van der Waals surface area contributed by atoms with Gasteiger partial charge in [-0.15, -0.1) is 0 Å². The Morgan fingerprint density at radius 1 is 1.15 bits per heavy atom. The number of fused-ring (bicyclic) bond motifs is 1. The number of aromatic nitrogens is 4. The topological polar surface area (TPSA) is 73.1 Å². The van der Waals surface area contributed by atoms with E-state index in [9.17, 15) is 4.79 Å². The zero-order valence-electron chi connectivity index (χ0n) is 14.2. The molecule has 0 aliphatic carbocycles. The van der Waals surface area contributed by atoms with E-state index < -0.39 is 0 Å². The molecule has 1 atom stereocenters. The maximum absolute atomic E-state index is 12.8. The molecule has 0 saturated carbocycles. The largest absolute Gasteiger partial charge is 0.375 e. The van der Waals surface area contributed by atoms with Crippen molar-refractivity contribution in [2.75, 3.05) is 13.2 Å². The summed E-state index contributed by atoms with van der Waals surface area (Å²) in [5.74, 6) is -0.0357. The van der Waals surface area contributed by atoms with Gasteiger partial charge in [0.15, 0.2) is 0 Å². The first-order valence-corrected chi connectivity index (χ1v) is 8.49. The number of hydrogen-bond donors (Lipinski definition) is 0. The van der Waals surface area contributed by atoms with Gasteiger partial charge in [-0.2, -0.15) is 10.2 Å². The van der Waals surface area contributed by atoms with Crippen LogP contribution in [-0.4, -0.2) is 43.7 Å². The van der Waals surface area contributed by atoms with Crippen molar-refractivity contribution >= 4 is 5.91 Å². The summed E-state index contributed by atoms with van der Waals surface area (Å²) in [5, 5.41) is 7.54. The Kier molecular flexibility index (Phi) is 4.70. The van der Waals surface area contributed by atoms with Crippen molar-refractivity contribution in [1.82, 2.24) is 24.6 Å². The van der Waals surface area contributed by atoms with Gasteiger partial charge in [-0.05, 0) is 35.9 Å². The van der Waals surface area contributed by atoms with E-state index in [1.807, 2.05) is 35.4 Å². The third kappa shape index (κ3) is 3.48. The second-order valence-corrected chi connectivity index (χ2v) is 6.25. The molecule has 1 amide bonds. The van der Waals surface area contributed by atoms with Crippen molar-refractivity contribution in [3.05, 3.63) is 78.1 Å². The number of amides is 1. The lowest BCUT2D eigenvalue weighted by atomic mass is 10.1. The first-order valence-electron chi connectivity index (χ1n) is 8.49. The predicted molar refractivity (Wildman–Crippen MR) is 94.1 cm³/mol. The Balaban J connectivity index is 1.45. The fourth-order valence-corrected chi connectivity index (χ4v) is 3.20. The summed E-state index contributed by atoms with van der Waals surface area (Å²) in [6.07, 6.45) is 8.60. The summed E-state index contributed by atoms with van der Waals surface area (Å²) in [6, 6.07) is 9.70. The molecule has 4 heterocycles. The minimum atomic E-state index is -0.0357. The number of carbonyl (C=O) groups is 1. The number of pyridine rings is 1. The van der Waals surface area contributed by atoms with Gasteiger partial charge in [-0.3, -0.25) is 9.78 Å². The van der Waals surface area contributed by atoms with Crippen molar-refractivity contribution < 1.29 is 9.53 Å². The van der Waals surface area contributed by atoms with Crippen LogP contribution in [0, 0.1) is 0 Å². The van der Waals surface area contributed by atoms with E-state index in [0.717, 1.165) is 11.3 Å². The van der Waals surface area contributed by atoms with Crippen LogP contribution in [0.1, 0.15) is 27.7 Å². The minimum Gasteiger partial charge on any atom is -0.375 e. The molecular formula is C19H19N5O2. The summed E-state index contributed by atoms with van der Waals surface area (Å²) < 4.78 is 8.11. The number of nitrogens with zero attached hydrogens (tertiary/aromatic N) is 5. The fraction of sp³-hybridized carbons (Fsp3) is 0.263. The average molecular weight is 349 g/mol. The first kappa shape index (κ1) is 16.4. The molecule has 0 N–H and O–H groups in total. The molecule has 3 aromatic rings. The second kappa shape index (κ2) is 7.45. The van der Waals surface area contributed by atoms with E-state index in [4.69, 9.17) is 4.74 Å². The van der Waals surface area contributed by atoms with E-state index in [1.54, 1.807) is 18.5 Å². The maximum atomic E-state index is 12.8. The molecule has 0 fully saturated rings. The molecule has 0 aromatic carbocycles. The molecule has 0 saturated heterocycles. The Morgan fingerprint density at radius 2 is 2.04 bits per heavy atom. The van der Waals surface area contributed by atoms with Crippen molar-refractivity contribution in [1.29, 1.82) is 0 Å². The smallest absolute Gasteiger partial charge is 0.255 e. The highest BCUT2D eigenvalue weighted by atomic mass is 16.5. The standard InChI is InChI=1S/C19H19N5O2/c25-19(16-5-8-21-22-10-16)23-11-17-2-1-9-24(17)18(12-23)14-26-13-15-3-6-20-7-4-15/h1-10,18H,11-14H2. The lowest BCUT2D eigenvalue weighted by Gasteiger charge is -2.35. The van der Waals surface area contributed by atoms with Crippen LogP contribution in [0.5, 0.6) is 0 Å². The summed E-state index contributed by atoms with van der Waals surface area (Å²) >= 11 is 0. The second-order valence-electron chi connectivity index (χ2n) is 6.25. The molecule has 132 valence electrons. The summed E-state index contributed by atoms with van der Waals surface area (Å²) in [6.45, 7) is 2.23. The molecule has 1 aliphatic heterocycles. The highest BCUT2D eigenvalue weighted by molar-refractivity contribution is 5.93. The molecule has 3 aromatic heterocycles. The summed E-state index contributed by atoms with van der Waals surface area (Å²) in [5.41, 5.74) is 2.74. The molecule has 7 heteroatoms. The summed E-state index contributed by atoms with van der Waals surface area (Å²) in [7, 11) is 0. The van der Waals surface area contributed by atoms with Crippen LogP contribution in [-0.2, 0) is 17.9 Å². The zero-order valence-corrected chi connectivity index (χ0v) is 14.2. The van der Waals surface area contributed by atoms with Gasteiger partial charge in [0.05, 0.1) is 43.8 Å². The van der Waals surface area contributed by atoms with Gasteiger partial charge in [0, 0.05) is 30.8 Å². The van der Waals surface area contributed by atoms with E-state index in [1.165, 1.54) is 12.4 Å². The van der Waals surface area contributed by atoms with Gasteiger partial charge in [0.1, 0.15) is 0 Å². The Morgan fingerprint density at radius 3 is 2.85 bits per heavy atom. The van der Waals surface area contributed by atoms with E-state index in [0.29, 0.717) is 31.9 Å². The first-order chi connectivity index (χ1) is 12.8. The fourth-order valence-electron chi connectivity index (χ4n) is 3.20. The van der Waals surface area contributed by atoms with Gasteiger partial charge >= 0.3 is 0 Å². The van der Waals surface area contributed by atoms with E-state index >= 15 is 0 Å². The van der Waals surface area contributed by atoms with Gasteiger partial charge < -0.3 is 14.2 Å². The van der Waals surface area contributed by atoms with Gasteiger partial charge in [-0.1, -0.05) is 0 Å². The quantitative estimate of drug-likeness (QED) is 0.705. The third-order valence-electron chi connectivity index (χ3n) is 4.49. The van der Waals surface area contributed by atoms with Crippen LogP contribution >= 0.6 is 0 Å². The van der Waals surface area contributed by atoms with Crippen LogP contribution in [0.4, 0.5) is 0 Å². The maximum Gasteiger partial charge on any atom is 0.255 e. The van der Waals surface area contributed by atoms with Gasteiger partial charge in [-0.25, -0.2) is 0 Å². The average Bonchev–Trinajstić information content (AvgIpc) is 3.18. The van der Waals surface area contributed by atoms with E-state index in [2.05, 4.69) is 19.7 Å². The molecule has 0 radical (unpaired) electrons. The van der Waals surface area contributed by atoms with Crippen molar-refractivity contribution in [2.24, 2.45) is 0 Å². The van der Waals surface area contributed by atoms with Crippen LogP contribution in [0.25, 0.3) is 0 Å². The lowest BCUT2D eigenvalue weighted by Crippen LogP contribution is -2.42. The molecule has 1 unspecified atom stereocenters. The number of carbonyl (C=O) groups excluding carboxylic acids is 1. The predicted octanol–water partition coefficient (Wildman–Crippen LogP) is 2.09. The van der Waals surface area contributed by atoms with Crippen molar-refractivity contribution in [3.63, 3.8) is 0 Å². The molecule has 0 spiro atoms. The highest BCUT2D eigenvalue weighted by Crippen LogP contribution is 2.24. The van der Waals surface area contributed by atoms with Crippen molar-refractivity contribution in [2.45, 2.75) is 19.2 Å². The van der Waals surface area contributed by atoms with E-state index in [-0.39, 0.29) is 11.9 Å². The Hall–Kier alpha value is -3.06.